The highest BCUT2D eigenvalue weighted by molar-refractivity contribution is 5.35. The Morgan fingerprint density at radius 2 is 1.95 bits per heavy atom. The number of phenols is 1. The molecule has 2 aromatic rings. The van der Waals surface area contributed by atoms with Crippen LogP contribution in [0.4, 0.5) is 5.69 Å². The number of para-hydroxylation sites is 1. The van der Waals surface area contributed by atoms with Crippen LogP contribution in [0.1, 0.15) is 17.2 Å². The first-order valence-corrected chi connectivity index (χ1v) is 6.85. The number of nitro groups is 1. The fourth-order valence-electron chi connectivity index (χ4n) is 2.25. The number of nitrogens with zero attached hydrogens (tertiary/aromatic N) is 2. The van der Waals surface area contributed by atoms with Gasteiger partial charge in [0.25, 0.3) is 5.69 Å². The number of aliphatic hydroxyl groups excluding tert-OH is 1. The van der Waals surface area contributed by atoms with Gasteiger partial charge in [-0.2, -0.15) is 0 Å². The molecule has 0 bridgehead atoms. The van der Waals surface area contributed by atoms with Gasteiger partial charge >= 0.3 is 0 Å². The number of phenolic OH excluding ortho intramolecular Hbond substituents is 1. The number of aromatic hydroxyl groups is 1. The molecule has 2 rings (SSSR count). The van der Waals surface area contributed by atoms with Gasteiger partial charge in [0.15, 0.2) is 0 Å². The Morgan fingerprint density at radius 1 is 1.23 bits per heavy atom. The lowest BCUT2D eigenvalue weighted by atomic mass is 10.1. The Labute approximate surface area is 128 Å². The maximum Gasteiger partial charge on any atom is 0.269 e. The second kappa shape index (κ2) is 7.02. The van der Waals surface area contributed by atoms with Gasteiger partial charge in [-0.05, 0) is 18.7 Å². The summed E-state index contributed by atoms with van der Waals surface area (Å²) in [6.45, 7) is 0.772. The summed E-state index contributed by atoms with van der Waals surface area (Å²) in [6, 6.07) is 13.0. The SMILES string of the molecule is CN(Cc1ccccc1O)CC(O)c1cccc([N+](=O)[O-])c1. The van der Waals surface area contributed by atoms with Gasteiger partial charge in [0.1, 0.15) is 5.75 Å². The molecule has 0 aromatic heterocycles. The van der Waals surface area contributed by atoms with Crippen LogP contribution in [-0.2, 0) is 6.54 Å². The molecule has 116 valence electrons. The Kier molecular flexibility index (Phi) is 5.08. The predicted octanol–water partition coefficient (Wildman–Crippen LogP) is 2.47. The minimum atomic E-state index is -0.837. The van der Waals surface area contributed by atoms with E-state index < -0.39 is 11.0 Å². The number of benzene rings is 2. The molecule has 0 saturated heterocycles. The van der Waals surface area contributed by atoms with Crippen molar-refractivity contribution in [1.82, 2.24) is 4.90 Å². The number of non-ortho nitro benzene ring substituents is 1. The lowest BCUT2D eigenvalue weighted by Gasteiger charge is -2.21. The molecule has 0 aliphatic carbocycles. The summed E-state index contributed by atoms with van der Waals surface area (Å²) in [4.78, 5) is 12.1. The second-order valence-corrected chi connectivity index (χ2v) is 5.19. The third-order valence-corrected chi connectivity index (χ3v) is 3.38. The van der Waals surface area contributed by atoms with Crippen molar-refractivity contribution >= 4 is 5.69 Å². The zero-order valence-electron chi connectivity index (χ0n) is 12.2. The summed E-state index contributed by atoms with van der Waals surface area (Å²) in [5, 5.41) is 30.7. The lowest BCUT2D eigenvalue weighted by molar-refractivity contribution is -0.385. The summed E-state index contributed by atoms with van der Waals surface area (Å²) >= 11 is 0. The summed E-state index contributed by atoms with van der Waals surface area (Å²) in [7, 11) is 1.81. The fourth-order valence-corrected chi connectivity index (χ4v) is 2.25. The van der Waals surface area contributed by atoms with E-state index in [-0.39, 0.29) is 11.4 Å². The molecule has 0 fully saturated rings. The van der Waals surface area contributed by atoms with Gasteiger partial charge < -0.3 is 10.2 Å². The average molecular weight is 302 g/mol. The first kappa shape index (κ1) is 15.9. The van der Waals surface area contributed by atoms with Crippen LogP contribution in [0.25, 0.3) is 0 Å². The van der Waals surface area contributed by atoms with Gasteiger partial charge in [0, 0.05) is 30.8 Å². The van der Waals surface area contributed by atoms with Crippen molar-refractivity contribution in [2.45, 2.75) is 12.6 Å². The molecule has 0 spiro atoms. The molecule has 0 heterocycles. The van der Waals surface area contributed by atoms with E-state index in [2.05, 4.69) is 0 Å². The van der Waals surface area contributed by atoms with Gasteiger partial charge in [-0.15, -0.1) is 0 Å². The molecule has 2 aromatic carbocycles. The molecular formula is C16H18N2O4. The van der Waals surface area contributed by atoms with E-state index in [0.29, 0.717) is 18.7 Å². The van der Waals surface area contributed by atoms with Crippen LogP contribution in [0.5, 0.6) is 5.75 Å². The normalized spacial score (nSPS) is 12.3. The van der Waals surface area contributed by atoms with Crippen molar-refractivity contribution in [3.63, 3.8) is 0 Å². The van der Waals surface area contributed by atoms with Crippen LogP contribution in [0.3, 0.4) is 0 Å². The molecule has 0 saturated carbocycles. The van der Waals surface area contributed by atoms with E-state index in [9.17, 15) is 20.3 Å². The van der Waals surface area contributed by atoms with Crippen LogP contribution < -0.4 is 0 Å². The Hall–Kier alpha value is -2.44. The number of rotatable bonds is 6. The largest absolute Gasteiger partial charge is 0.508 e. The highest BCUT2D eigenvalue weighted by Gasteiger charge is 2.15. The molecular weight excluding hydrogens is 284 g/mol. The van der Waals surface area contributed by atoms with E-state index in [1.54, 1.807) is 24.3 Å². The molecule has 6 heteroatoms. The van der Waals surface area contributed by atoms with Gasteiger partial charge in [-0.25, -0.2) is 0 Å². The van der Waals surface area contributed by atoms with Crippen molar-refractivity contribution in [3.8, 4) is 5.75 Å². The third kappa shape index (κ3) is 4.03. The van der Waals surface area contributed by atoms with E-state index >= 15 is 0 Å². The van der Waals surface area contributed by atoms with Crippen molar-refractivity contribution in [2.75, 3.05) is 13.6 Å². The van der Waals surface area contributed by atoms with Crippen molar-refractivity contribution in [1.29, 1.82) is 0 Å². The molecule has 1 atom stereocenters. The molecule has 0 amide bonds. The summed E-state index contributed by atoms with van der Waals surface area (Å²) < 4.78 is 0. The Balaban J connectivity index is 2.02. The molecule has 6 nitrogen and oxygen atoms in total. The number of aliphatic hydroxyl groups is 1. The Bertz CT molecular complexity index is 660. The Morgan fingerprint density at radius 3 is 2.64 bits per heavy atom. The van der Waals surface area contributed by atoms with Crippen LogP contribution in [-0.4, -0.2) is 33.6 Å². The van der Waals surface area contributed by atoms with Gasteiger partial charge in [-0.3, -0.25) is 15.0 Å². The van der Waals surface area contributed by atoms with E-state index in [1.807, 2.05) is 24.1 Å². The lowest BCUT2D eigenvalue weighted by Crippen LogP contribution is -2.24. The van der Waals surface area contributed by atoms with Gasteiger partial charge in [0.2, 0.25) is 0 Å². The molecule has 1 unspecified atom stereocenters. The molecule has 22 heavy (non-hydrogen) atoms. The maximum atomic E-state index is 10.8. The minimum Gasteiger partial charge on any atom is -0.508 e. The minimum absolute atomic E-state index is 0.0418. The smallest absolute Gasteiger partial charge is 0.269 e. The standard InChI is InChI=1S/C16H18N2O4/c1-17(10-13-5-2-3-8-15(13)19)11-16(20)12-6-4-7-14(9-12)18(21)22/h2-9,16,19-20H,10-11H2,1H3. The number of nitro benzene ring substituents is 1. The topological polar surface area (TPSA) is 86.8 Å². The predicted molar refractivity (Wildman–Crippen MR) is 82.5 cm³/mol. The zero-order chi connectivity index (χ0) is 16.1. The number of hydrogen-bond acceptors (Lipinski definition) is 5. The monoisotopic (exact) mass is 302 g/mol. The highest BCUT2D eigenvalue weighted by Crippen LogP contribution is 2.22. The molecule has 0 aliphatic rings. The third-order valence-electron chi connectivity index (χ3n) is 3.38. The highest BCUT2D eigenvalue weighted by atomic mass is 16.6. The summed E-state index contributed by atoms with van der Waals surface area (Å²) in [6.07, 6.45) is -0.837. The average Bonchev–Trinajstić information content (AvgIpc) is 2.49. The van der Waals surface area contributed by atoms with Crippen molar-refractivity contribution in [2.24, 2.45) is 0 Å². The van der Waals surface area contributed by atoms with Gasteiger partial charge in [-0.1, -0.05) is 30.3 Å². The molecule has 0 radical (unpaired) electrons. The van der Waals surface area contributed by atoms with E-state index in [4.69, 9.17) is 0 Å². The fraction of sp³-hybridized carbons (Fsp3) is 0.250. The van der Waals surface area contributed by atoms with Crippen LogP contribution in [0.15, 0.2) is 48.5 Å². The number of likely N-dealkylation sites (N-methyl/N-ethyl adjacent to an activating group) is 1. The number of hydrogen-bond donors (Lipinski definition) is 2. The van der Waals surface area contributed by atoms with E-state index in [1.165, 1.54) is 12.1 Å². The van der Waals surface area contributed by atoms with E-state index in [0.717, 1.165) is 5.56 Å². The quantitative estimate of drug-likeness (QED) is 0.632. The van der Waals surface area contributed by atoms with Crippen molar-refractivity contribution in [3.05, 3.63) is 69.8 Å². The van der Waals surface area contributed by atoms with Crippen molar-refractivity contribution < 1.29 is 15.1 Å². The van der Waals surface area contributed by atoms with Crippen LogP contribution >= 0.6 is 0 Å². The van der Waals surface area contributed by atoms with Crippen LogP contribution in [0, 0.1) is 10.1 Å². The molecule has 0 aliphatic heterocycles. The first-order valence-electron chi connectivity index (χ1n) is 6.85. The molecule has 2 N–H and O–H groups in total. The zero-order valence-corrected chi connectivity index (χ0v) is 12.2. The van der Waals surface area contributed by atoms with Gasteiger partial charge in [0.05, 0.1) is 11.0 Å². The maximum absolute atomic E-state index is 10.8. The first-order chi connectivity index (χ1) is 10.5. The summed E-state index contributed by atoms with van der Waals surface area (Å²) in [5.41, 5.74) is 1.22. The van der Waals surface area contributed by atoms with Crippen LogP contribution in [0.2, 0.25) is 0 Å². The summed E-state index contributed by atoms with van der Waals surface area (Å²) in [5.74, 6) is 0.208. The second-order valence-electron chi connectivity index (χ2n) is 5.19.